The van der Waals surface area contributed by atoms with Crippen LogP contribution in [0.5, 0.6) is 0 Å². The summed E-state index contributed by atoms with van der Waals surface area (Å²) in [7, 11) is 0. The Morgan fingerprint density at radius 2 is 2.00 bits per heavy atom. The van der Waals surface area contributed by atoms with Crippen molar-refractivity contribution in [1.29, 1.82) is 0 Å². The molecular weight excluding hydrogens is 243 g/mol. The Bertz CT molecular complexity index is 527. The summed E-state index contributed by atoms with van der Waals surface area (Å²) >= 11 is 5.47. The minimum atomic E-state index is -1.28. The van der Waals surface area contributed by atoms with Crippen molar-refractivity contribution in [1.82, 2.24) is 15.0 Å². The first-order valence-corrected chi connectivity index (χ1v) is 4.77. The number of halogens is 4. The lowest BCUT2D eigenvalue weighted by molar-refractivity contribution is 0.487. The molecule has 0 aliphatic heterocycles. The highest BCUT2D eigenvalue weighted by Crippen LogP contribution is 2.17. The molecular formula is C9H5ClF3N3. The second kappa shape index (κ2) is 4.13. The summed E-state index contributed by atoms with van der Waals surface area (Å²) < 4.78 is 40.0. The predicted octanol–water partition coefficient (Wildman–Crippen LogP) is 2.42. The van der Waals surface area contributed by atoms with Gasteiger partial charge in [0.1, 0.15) is 11.5 Å². The molecule has 1 heterocycles. The number of nitrogens with zero attached hydrogens (tertiary/aromatic N) is 3. The minimum Gasteiger partial charge on any atom is -0.217 e. The van der Waals surface area contributed by atoms with Crippen molar-refractivity contribution in [3.05, 3.63) is 41.5 Å². The third-order valence-electron chi connectivity index (χ3n) is 1.90. The fraction of sp³-hybridized carbons (Fsp3) is 0.111. The van der Waals surface area contributed by atoms with Gasteiger partial charge in [0.05, 0.1) is 17.8 Å². The molecule has 1 aromatic heterocycles. The number of hydrogen-bond donors (Lipinski definition) is 0. The number of aromatic nitrogens is 3. The first-order valence-electron chi connectivity index (χ1n) is 4.24. The third-order valence-corrected chi connectivity index (χ3v) is 2.17. The Hall–Kier alpha value is -1.56. The molecule has 3 nitrogen and oxygen atoms in total. The fourth-order valence-corrected chi connectivity index (χ4v) is 1.31. The average Bonchev–Trinajstić information content (AvgIpc) is 2.71. The molecule has 0 aliphatic carbocycles. The molecule has 16 heavy (non-hydrogen) atoms. The number of hydrogen-bond acceptors (Lipinski definition) is 2. The van der Waals surface area contributed by atoms with Crippen LogP contribution in [0.2, 0.25) is 0 Å². The monoisotopic (exact) mass is 247 g/mol. The molecule has 0 amide bonds. The molecule has 84 valence electrons. The second-order valence-corrected chi connectivity index (χ2v) is 3.28. The van der Waals surface area contributed by atoms with Gasteiger partial charge in [0.15, 0.2) is 11.6 Å². The van der Waals surface area contributed by atoms with E-state index in [0.717, 1.165) is 10.7 Å². The van der Waals surface area contributed by atoms with Crippen LogP contribution < -0.4 is 0 Å². The third kappa shape index (κ3) is 1.88. The molecule has 0 unspecified atom stereocenters. The molecule has 0 spiro atoms. The van der Waals surface area contributed by atoms with E-state index in [2.05, 4.69) is 10.3 Å². The fourth-order valence-electron chi connectivity index (χ4n) is 1.19. The van der Waals surface area contributed by atoms with Gasteiger partial charge in [-0.15, -0.1) is 16.7 Å². The van der Waals surface area contributed by atoms with E-state index in [0.29, 0.717) is 11.8 Å². The van der Waals surface area contributed by atoms with Gasteiger partial charge in [0.25, 0.3) is 0 Å². The van der Waals surface area contributed by atoms with Gasteiger partial charge < -0.3 is 0 Å². The van der Waals surface area contributed by atoms with Crippen molar-refractivity contribution < 1.29 is 13.2 Å². The Kier molecular flexibility index (Phi) is 2.82. The normalized spacial score (nSPS) is 10.8. The highest BCUT2D eigenvalue weighted by molar-refractivity contribution is 6.16. The van der Waals surface area contributed by atoms with Crippen molar-refractivity contribution in [2.75, 3.05) is 0 Å². The van der Waals surface area contributed by atoms with E-state index in [4.69, 9.17) is 11.6 Å². The molecule has 2 rings (SSSR count). The Morgan fingerprint density at radius 3 is 2.62 bits per heavy atom. The number of alkyl halides is 1. The maximum absolute atomic E-state index is 13.3. The van der Waals surface area contributed by atoms with Crippen LogP contribution in [-0.4, -0.2) is 15.0 Å². The summed E-state index contributed by atoms with van der Waals surface area (Å²) in [4.78, 5) is 0. The van der Waals surface area contributed by atoms with Gasteiger partial charge >= 0.3 is 0 Å². The molecule has 0 N–H and O–H groups in total. The van der Waals surface area contributed by atoms with E-state index in [1.54, 1.807) is 0 Å². The van der Waals surface area contributed by atoms with Gasteiger partial charge in [-0.25, -0.2) is 17.9 Å². The summed E-state index contributed by atoms with van der Waals surface area (Å²) in [5.74, 6) is -3.28. The van der Waals surface area contributed by atoms with E-state index in [-0.39, 0.29) is 11.6 Å². The van der Waals surface area contributed by atoms with Crippen LogP contribution in [0.1, 0.15) is 5.69 Å². The van der Waals surface area contributed by atoms with Crippen LogP contribution in [-0.2, 0) is 5.88 Å². The standard InChI is InChI=1S/C9H5ClF3N3/c10-3-6-4-16(15-14-6)8-2-5(11)1-7(12)9(8)13/h1-2,4H,3H2. The van der Waals surface area contributed by atoms with Crippen molar-refractivity contribution in [3.63, 3.8) is 0 Å². The first kappa shape index (κ1) is 10.9. The van der Waals surface area contributed by atoms with Crippen molar-refractivity contribution in [2.24, 2.45) is 0 Å². The lowest BCUT2D eigenvalue weighted by atomic mass is 10.3. The zero-order chi connectivity index (χ0) is 11.7. The quantitative estimate of drug-likeness (QED) is 0.603. The Morgan fingerprint density at radius 1 is 1.25 bits per heavy atom. The van der Waals surface area contributed by atoms with Gasteiger partial charge in [-0.2, -0.15) is 0 Å². The minimum absolute atomic E-state index is 0.0828. The first-order chi connectivity index (χ1) is 7.61. The summed E-state index contributed by atoms with van der Waals surface area (Å²) in [5, 5.41) is 7.09. The zero-order valence-electron chi connectivity index (χ0n) is 7.79. The highest BCUT2D eigenvalue weighted by atomic mass is 35.5. The summed E-state index contributed by atoms with van der Waals surface area (Å²) in [6.07, 6.45) is 1.30. The lowest BCUT2D eigenvalue weighted by Crippen LogP contribution is -2.02. The molecule has 0 bridgehead atoms. The molecule has 0 saturated heterocycles. The topological polar surface area (TPSA) is 30.7 Å². The summed E-state index contributed by atoms with van der Waals surface area (Å²) in [6, 6.07) is 1.28. The second-order valence-electron chi connectivity index (χ2n) is 3.01. The maximum Gasteiger partial charge on any atom is 0.184 e. The van der Waals surface area contributed by atoms with Gasteiger partial charge in [0, 0.05) is 12.1 Å². The number of benzene rings is 1. The van der Waals surface area contributed by atoms with E-state index in [9.17, 15) is 13.2 Å². The lowest BCUT2D eigenvalue weighted by Gasteiger charge is -2.02. The molecule has 0 aliphatic rings. The van der Waals surface area contributed by atoms with Crippen LogP contribution in [0.15, 0.2) is 18.3 Å². The van der Waals surface area contributed by atoms with Crippen LogP contribution in [0, 0.1) is 17.5 Å². The summed E-state index contributed by atoms with van der Waals surface area (Å²) in [5.41, 5.74) is 0.0344. The maximum atomic E-state index is 13.3. The highest BCUT2D eigenvalue weighted by Gasteiger charge is 2.14. The van der Waals surface area contributed by atoms with Crippen LogP contribution in [0.25, 0.3) is 5.69 Å². The van der Waals surface area contributed by atoms with Crippen LogP contribution in [0.4, 0.5) is 13.2 Å². The largest absolute Gasteiger partial charge is 0.217 e. The smallest absolute Gasteiger partial charge is 0.184 e. The molecule has 0 radical (unpaired) electrons. The van der Waals surface area contributed by atoms with Crippen molar-refractivity contribution >= 4 is 11.6 Å². The number of rotatable bonds is 2. The van der Waals surface area contributed by atoms with Crippen LogP contribution in [0.3, 0.4) is 0 Å². The Balaban J connectivity index is 2.54. The van der Waals surface area contributed by atoms with E-state index in [1.807, 2.05) is 0 Å². The van der Waals surface area contributed by atoms with Crippen molar-refractivity contribution in [2.45, 2.75) is 5.88 Å². The van der Waals surface area contributed by atoms with E-state index in [1.165, 1.54) is 6.20 Å². The predicted molar refractivity (Wildman–Crippen MR) is 50.8 cm³/mol. The molecule has 1 aromatic carbocycles. The SMILES string of the molecule is Fc1cc(F)c(F)c(-n2cc(CCl)nn2)c1. The van der Waals surface area contributed by atoms with Gasteiger partial charge in [-0.1, -0.05) is 5.21 Å². The summed E-state index contributed by atoms with van der Waals surface area (Å²) in [6.45, 7) is 0. The molecule has 2 aromatic rings. The van der Waals surface area contributed by atoms with Gasteiger partial charge in [0.2, 0.25) is 0 Å². The molecule has 7 heteroatoms. The van der Waals surface area contributed by atoms with Crippen LogP contribution >= 0.6 is 11.6 Å². The van der Waals surface area contributed by atoms with E-state index < -0.39 is 17.5 Å². The molecule has 0 fully saturated rings. The van der Waals surface area contributed by atoms with Gasteiger partial charge in [-0.3, -0.25) is 0 Å². The molecule has 0 saturated carbocycles. The van der Waals surface area contributed by atoms with E-state index >= 15 is 0 Å². The molecule has 0 atom stereocenters. The van der Waals surface area contributed by atoms with Crippen molar-refractivity contribution in [3.8, 4) is 5.69 Å². The van der Waals surface area contributed by atoms with Gasteiger partial charge in [-0.05, 0) is 0 Å². The Labute approximate surface area is 93.4 Å². The zero-order valence-corrected chi connectivity index (χ0v) is 8.55. The average molecular weight is 248 g/mol.